The average Bonchev–Trinajstić information content (AvgIpc) is 3.32. The number of amides is 1. The Bertz CT molecular complexity index is 1110. The van der Waals surface area contributed by atoms with E-state index in [-0.39, 0.29) is 19.1 Å². The molecule has 2 aliphatic rings. The van der Waals surface area contributed by atoms with Gasteiger partial charge < -0.3 is 19.1 Å². The summed E-state index contributed by atoms with van der Waals surface area (Å²) in [5.41, 5.74) is 1.10. The summed E-state index contributed by atoms with van der Waals surface area (Å²) >= 11 is 12.7. The minimum Gasteiger partial charge on any atom is -0.491 e. The number of hydrogen-bond donors (Lipinski definition) is 0. The van der Waals surface area contributed by atoms with Crippen molar-refractivity contribution >= 4 is 45.6 Å². The second-order valence-corrected chi connectivity index (χ2v) is 7.64. The van der Waals surface area contributed by atoms with Crippen molar-refractivity contribution in [3.05, 3.63) is 70.2 Å². The molecule has 7 heteroatoms. The molecule has 2 heterocycles. The quantitative estimate of drug-likeness (QED) is 0.598. The fourth-order valence-electron chi connectivity index (χ4n) is 3.94. The van der Waals surface area contributed by atoms with Gasteiger partial charge in [-0.2, -0.15) is 0 Å². The predicted molar refractivity (Wildman–Crippen MR) is 112 cm³/mol. The molecule has 0 aromatic heterocycles. The van der Waals surface area contributed by atoms with Crippen molar-refractivity contribution in [2.45, 2.75) is 5.79 Å². The molecular formula is C22H17Cl2NO4. The number of nitrogens with zero attached hydrogens (tertiary/aromatic N) is 1. The van der Waals surface area contributed by atoms with E-state index < -0.39 is 5.79 Å². The molecule has 1 saturated heterocycles. The highest BCUT2D eigenvalue weighted by Crippen LogP contribution is 2.50. The maximum atomic E-state index is 13.2. The molecule has 0 unspecified atom stereocenters. The van der Waals surface area contributed by atoms with Crippen LogP contribution in [0.3, 0.4) is 0 Å². The van der Waals surface area contributed by atoms with Gasteiger partial charge in [-0.25, -0.2) is 0 Å². The first kappa shape index (κ1) is 18.7. The molecule has 29 heavy (non-hydrogen) atoms. The largest absolute Gasteiger partial charge is 0.491 e. The summed E-state index contributed by atoms with van der Waals surface area (Å²) in [6.45, 7) is 1.24. The molecule has 3 aromatic rings. The van der Waals surface area contributed by atoms with Crippen molar-refractivity contribution in [2.75, 3.05) is 31.3 Å². The molecule has 0 bridgehead atoms. The monoisotopic (exact) mass is 429 g/mol. The first-order valence-corrected chi connectivity index (χ1v) is 10.1. The zero-order valence-corrected chi connectivity index (χ0v) is 16.9. The molecule has 5 nitrogen and oxygen atoms in total. The Kier molecular flexibility index (Phi) is 4.63. The number of carbonyl (C=O) groups excluding carboxylic acids is 1. The highest BCUT2D eigenvalue weighted by Gasteiger charge is 2.56. The van der Waals surface area contributed by atoms with Gasteiger partial charge in [0.05, 0.1) is 35.5 Å². The molecule has 2 aliphatic heterocycles. The van der Waals surface area contributed by atoms with Gasteiger partial charge in [0, 0.05) is 10.9 Å². The Morgan fingerprint density at radius 1 is 1.00 bits per heavy atom. The van der Waals surface area contributed by atoms with E-state index in [1.807, 2.05) is 42.5 Å². The topological polar surface area (TPSA) is 48.0 Å². The van der Waals surface area contributed by atoms with Crippen molar-refractivity contribution in [3.63, 3.8) is 0 Å². The van der Waals surface area contributed by atoms with Crippen LogP contribution in [0.25, 0.3) is 10.8 Å². The minimum absolute atomic E-state index is 0.276. The second-order valence-electron chi connectivity index (χ2n) is 6.85. The highest BCUT2D eigenvalue weighted by atomic mass is 35.5. The molecular weight excluding hydrogens is 413 g/mol. The Hall–Kier alpha value is -2.31. The van der Waals surface area contributed by atoms with Crippen LogP contribution in [-0.2, 0) is 20.1 Å². The van der Waals surface area contributed by atoms with E-state index in [0.29, 0.717) is 34.5 Å². The Balaban J connectivity index is 1.43. The van der Waals surface area contributed by atoms with Crippen molar-refractivity contribution in [3.8, 4) is 5.75 Å². The van der Waals surface area contributed by atoms with Crippen LogP contribution in [0, 0.1) is 0 Å². The summed E-state index contributed by atoms with van der Waals surface area (Å²) in [6.07, 6.45) is 0. The molecule has 1 fully saturated rings. The van der Waals surface area contributed by atoms with E-state index in [2.05, 4.69) is 0 Å². The third-order valence-electron chi connectivity index (χ3n) is 5.24. The molecule has 0 radical (unpaired) electrons. The number of rotatable bonds is 4. The van der Waals surface area contributed by atoms with Crippen molar-refractivity contribution < 1.29 is 19.0 Å². The first-order chi connectivity index (χ1) is 14.1. The highest BCUT2D eigenvalue weighted by molar-refractivity contribution is 6.44. The number of ether oxygens (including phenoxy) is 3. The van der Waals surface area contributed by atoms with E-state index in [1.54, 1.807) is 17.0 Å². The molecule has 3 aromatic carbocycles. The third kappa shape index (κ3) is 2.89. The molecule has 1 spiro atoms. The van der Waals surface area contributed by atoms with Crippen LogP contribution in [0.1, 0.15) is 5.56 Å². The normalized spacial score (nSPS) is 17.3. The standard InChI is InChI=1S/C22H17Cl2NO4/c23-17-9-8-16-20(19(17)24)25(21(26)22(16)28-12-13-29-22)10-11-27-18-7-3-5-14-4-1-2-6-15(14)18/h1-9H,10-13H2. The summed E-state index contributed by atoms with van der Waals surface area (Å²) in [6, 6.07) is 17.3. The lowest BCUT2D eigenvalue weighted by Crippen LogP contribution is -2.42. The number of carbonyl (C=O) groups is 1. The van der Waals surface area contributed by atoms with E-state index in [4.69, 9.17) is 37.4 Å². The second kappa shape index (κ2) is 7.18. The minimum atomic E-state index is -1.44. The Morgan fingerprint density at radius 2 is 1.76 bits per heavy atom. The molecule has 0 saturated carbocycles. The van der Waals surface area contributed by atoms with Gasteiger partial charge in [0.15, 0.2) is 0 Å². The van der Waals surface area contributed by atoms with Gasteiger partial charge in [-0.1, -0.05) is 59.6 Å². The van der Waals surface area contributed by atoms with Crippen molar-refractivity contribution in [1.82, 2.24) is 0 Å². The van der Waals surface area contributed by atoms with Gasteiger partial charge in [0.25, 0.3) is 11.7 Å². The van der Waals surface area contributed by atoms with Crippen LogP contribution < -0.4 is 9.64 Å². The van der Waals surface area contributed by atoms with Crippen LogP contribution in [0.5, 0.6) is 5.75 Å². The molecule has 5 rings (SSSR count). The fourth-order valence-corrected chi connectivity index (χ4v) is 4.36. The number of hydrogen-bond acceptors (Lipinski definition) is 4. The third-order valence-corrected chi connectivity index (χ3v) is 6.03. The lowest BCUT2D eigenvalue weighted by molar-refractivity contribution is -0.180. The number of fused-ring (bicyclic) bond motifs is 3. The van der Waals surface area contributed by atoms with Gasteiger partial charge in [-0.15, -0.1) is 0 Å². The van der Waals surface area contributed by atoms with E-state index in [0.717, 1.165) is 16.5 Å². The summed E-state index contributed by atoms with van der Waals surface area (Å²) in [5, 5.41) is 2.78. The summed E-state index contributed by atoms with van der Waals surface area (Å²) in [5.74, 6) is -0.992. The fraction of sp³-hybridized carbons (Fsp3) is 0.227. The first-order valence-electron chi connectivity index (χ1n) is 9.31. The van der Waals surface area contributed by atoms with Gasteiger partial charge in [-0.3, -0.25) is 4.79 Å². The van der Waals surface area contributed by atoms with E-state index in [9.17, 15) is 4.79 Å². The van der Waals surface area contributed by atoms with Gasteiger partial charge in [0.2, 0.25) is 0 Å². The lowest BCUT2D eigenvalue weighted by Gasteiger charge is -2.22. The zero-order chi connectivity index (χ0) is 20.0. The van der Waals surface area contributed by atoms with Gasteiger partial charge >= 0.3 is 0 Å². The maximum absolute atomic E-state index is 13.2. The number of anilines is 1. The molecule has 148 valence electrons. The van der Waals surface area contributed by atoms with Gasteiger partial charge in [-0.05, 0) is 23.6 Å². The molecule has 0 aliphatic carbocycles. The van der Waals surface area contributed by atoms with Crippen molar-refractivity contribution in [1.29, 1.82) is 0 Å². The van der Waals surface area contributed by atoms with Crippen LogP contribution in [-0.4, -0.2) is 32.3 Å². The maximum Gasteiger partial charge on any atom is 0.292 e. The summed E-state index contributed by atoms with van der Waals surface area (Å²) in [4.78, 5) is 14.8. The molecule has 0 N–H and O–H groups in total. The molecule has 0 atom stereocenters. The molecule has 1 amide bonds. The van der Waals surface area contributed by atoms with Crippen LogP contribution in [0.15, 0.2) is 54.6 Å². The summed E-state index contributed by atoms with van der Waals surface area (Å²) in [7, 11) is 0. The zero-order valence-electron chi connectivity index (χ0n) is 15.4. The Labute approximate surface area is 177 Å². The van der Waals surface area contributed by atoms with E-state index in [1.165, 1.54) is 0 Å². The average molecular weight is 430 g/mol. The summed E-state index contributed by atoms with van der Waals surface area (Å²) < 4.78 is 17.5. The van der Waals surface area contributed by atoms with Crippen LogP contribution >= 0.6 is 23.2 Å². The predicted octanol–water partition coefficient (Wildman–Crippen LogP) is 4.77. The smallest absolute Gasteiger partial charge is 0.292 e. The van der Waals surface area contributed by atoms with Gasteiger partial charge in [0.1, 0.15) is 12.4 Å². The Morgan fingerprint density at radius 3 is 2.59 bits per heavy atom. The SMILES string of the molecule is O=C1N(CCOc2cccc3ccccc23)c2c(ccc(Cl)c2Cl)C12OCCO2. The van der Waals surface area contributed by atoms with Crippen molar-refractivity contribution in [2.24, 2.45) is 0 Å². The van der Waals surface area contributed by atoms with Crippen LogP contribution in [0.4, 0.5) is 5.69 Å². The number of benzene rings is 3. The number of halogens is 2. The lowest BCUT2D eigenvalue weighted by atomic mass is 10.1. The van der Waals surface area contributed by atoms with Crippen LogP contribution in [0.2, 0.25) is 10.0 Å². The van der Waals surface area contributed by atoms with E-state index >= 15 is 0 Å².